The molecule has 1 unspecified atom stereocenters. The van der Waals surface area contributed by atoms with Crippen molar-refractivity contribution in [2.75, 3.05) is 13.2 Å². The highest BCUT2D eigenvalue weighted by Crippen LogP contribution is 2.19. The van der Waals surface area contributed by atoms with E-state index in [2.05, 4.69) is 26.1 Å². The van der Waals surface area contributed by atoms with Gasteiger partial charge in [0.1, 0.15) is 0 Å². The van der Waals surface area contributed by atoms with Gasteiger partial charge in [-0.25, -0.2) is 0 Å². The van der Waals surface area contributed by atoms with Crippen LogP contribution in [0.15, 0.2) is 0 Å². The lowest BCUT2D eigenvalue weighted by Gasteiger charge is -2.22. The summed E-state index contributed by atoms with van der Waals surface area (Å²) in [4.78, 5) is 0. The first-order chi connectivity index (χ1) is 7.74. The smallest absolute Gasteiger partial charge is 0.0722 e. The fraction of sp³-hybridized carbons (Fsp3) is 1.00. The summed E-state index contributed by atoms with van der Waals surface area (Å²) >= 11 is 0. The SMILES string of the molecule is CCCCCCOC(CNC1CC1)C(C)C. The van der Waals surface area contributed by atoms with Crippen molar-refractivity contribution in [2.24, 2.45) is 5.92 Å². The normalized spacial score (nSPS) is 18.0. The van der Waals surface area contributed by atoms with Gasteiger partial charge in [-0.15, -0.1) is 0 Å². The molecule has 0 aromatic carbocycles. The minimum Gasteiger partial charge on any atom is -0.377 e. The molecule has 1 saturated carbocycles. The standard InChI is InChI=1S/C14H29NO/c1-4-5-6-7-10-16-14(12(2)3)11-15-13-8-9-13/h12-15H,4-11H2,1-3H3. The van der Waals surface area contributed by atoms with E-state index in [0.717, 1.165) is 19.2 Å². The first-order valence-electron chi connectivity index (χ1n) is 7.09. The molecule has 2 nitrogen and oxygen atoms in total. The molecular weight excluding hydrogens is 198 g/mol. The quantitative estimate of drug-likeness (QED) is 0.578. The Balaban J connectivity index is 2.02. The number of unbranched alkanes of at least 4 members (excludes halogenated alkanes) is 3. The van der Waals surface area contributed by atoms with E-state index in [9.17, 15) is 0 Å². The van der Waals surface area contributed by atoms with E-state index in [1.54, 1.807) is 0 Å². The Kier molecular flexibility index (Phi) is 7.06. The molecule has 0 bridgehead atoms. The zero-order chi connectivity index (χ0) is 11.8. The Hall–Kier alpha value is -0.0800. The Morgan fingerprint density at radius 2 is 1.94 bits per heavy atom. The number of nitrogens with one attached hydrogen (secondary N) is 1. The summed E-state index contributed by atoms with van der Waals surface area (Å²) in [5, 5.41) is 3.57. The maximum absolute atomic E-state index is 5.97. The highest BCUT2D eigenvalue weighted by molar-refractivity contribution is 4.82. The number of ether oxygens (including phenoxy) is 1. The van der Waals surface area contributed by atoms with Crippen LogP contribution in [0.2, 0.25) is 0 Å². The Morgan fingerprint density at radius 1 is 1.19 bits per heavy atom. The third kappa shape index (κ3) is 6.49. The second kappa shape index (κ2) is 8.08. The lowest BCUT2D eigenvalue weighted by atomic mass is 10.1. The molecule has 0 aromatic heterocycles. The molecule has 1 aliphatic carbocycles. The van der Waals surface area contributed by atoms with Gasteiger partial charge in [0.05, 0.1) is 6.10 Å². The summed E-state index contributed by atoms with van der Waals surface area (Å²) in [5.41, 5.74) is 0. The number of rotatable bonds is 10. The minimum atomic E-state index is 0.405. The zero-order valence-corrected chi connectivity index (χ0v) is 11.3. The summed E-state index contributed by atoms with van der Waals surface area (Å²) in [5.74, 6) is 0.623. The molecule has 0 radical (unpaired) electrons. The average Bonchev–Trinajstić information content (AvgIpc) is 3.05. The molecule has 0 heterocycles. The molecule has 1 N–H and O–H groups in total. The zero-order valence-electron chi connectivity index (χ0n) is 11.3. The van der Waals surface area contributed by atoms with Crippen LogP contribution in [0.4, 0.5) is 0 Å². The van der Waals surface area contributed by atoms with Crippen LogP contribution in [-0.4, -0.2) is 25.3 Å². The van der Waals surface area contributed by atoms with Crippen LogP contribution in [0.1, 0.15) is 59.3 Å². The van der Waals surface area contributed by atoms with E-state index in [1.165, 1.54) is 38.5 Å². The third-order valence-corrected chi connectivity index (χ3v) is 3.26. The monoisotopic (exact) mass is 227 g/mol. The van der Waals surface area contributed by atoms with Crippen LogP contribution in [0.25, 0.3) is 0 Å². The molecule has 1 atom stereocenters. The van der Waals surface area contributed by atoms with E-state index < -0.39 is 0 Å². The first kappa shape index (κ1) is 14.0. The van der Waals surface area contributed by atoms with Crippen LogP contribution < -0.4 is 5.32 Å². The highest BCUT2D eigenvalue weighted by Gasteiger charge is 2.23. The van der Waals surface area contributed by atoms with Crippen molar-refractivity contribution in [3.05, 3.63) is 0 Å². The molecule has 0 saturated heterocycles. The molecule has 1 aliphatic rings. The van der Waals surface area contributed by atoms with Gasteiger partial charge < -0.3 is 10.1 Å². The predicted molar refractivity (Wildman–Crippen MR) is 69.7 cm³/mol. The molecule has 96 valence electrons. The van der Waals surface area contributed by atoms with Crippen LogP contribution in [0.3, 0.4) is 0 Å². The fourth-order valence-corrected chi connectivity index (χ4v) is 1.82. The first-order valence-corrected chi connectivity index (χ1v) is 7.09. The van der Waals surface area contributed by atoms with Crippen molar-refractivity contribution in [3.63, 3.8) is 0 Å². The number of hydrogen-bond acceptors (Lipinski definition) is 2. The van der Waals surface area contributed by atoms with E-state index in [1.807, 2.05) is 0 Å². The lowest BCUT2D eigenvalue weighted by Crippen LogP contribution is -2.34. The van der Waals surface area contributed by atoms with Gasteiger partial charge in [-0.05, 0) is 25.2 Å². The van der Waals surface area contributed by atoms with Crippen LogP contribution >= 0.6 is 0 Å². The fourth-order valence-electron chi connectivity index (χ4n) is 1.82. The van der Waals surface area contributed by atoms with E-state index in [-0.39, 0.29) is 0 Å². The predicted octanol–water partition coefficient (Wildman–Crippen LogP) is 3.36. The summed E-state index contributed by atoms with van der Waals surface area (Å²) in [6, 6.07) is 0.796. The average molecular weight is 227 g/mol. The topological polar surface area (TPSA) is 21.3 Å². The maximum Gasteiger partial charge on any atom is 0.0722 e. The van der Waals surface area contributed by atoms with Gasteiger partial charge in [0.25, 0.3) is 0 Å². The van der Waals surface area contributed by atoms with Crippen molar-refractivity contribution < 1.29 is 4.74 Å². The Morgan fingerprint density at radius 3 is 2.50 bits per heavy atom. The van der Waals surface area contributed by atoms with E-state index >= 15 is 0 Å². The second-order valence-corrected chi connectivity index (χ2v) is 5.40. The maximum atomic E-state index is 5.97. The highest BCUT2D eigenvalue weighted by atomic mass is 16.5. The molecule has 0 amide bonds. The van der Waals surface area contributed by atoms with Crippen molar-refractivity contribution in [1.82, 2.24) is 5.32 Å². The summed E-state index contributed by atoms with van der Waals surface area (Å²) < 4.78 is 5.97. The molecule has 16 heavy (non-hydrogen) atoms. The van der Waals surface area contributed by atoms with Crippen LogP contribution in [0.5, 0.6) is 0 Å². The minimum absolute atomic E-state index is 0.405. The van der Waals surface area contributed by atoms with Gasteiger partial charge >= 0.3 is 0 Å². The number of hydrogen-bond donors (Lipinski definition) is 1. The Labute approximate surface area is 101 Å². The molecule has 0 spiro atoms. The lowest BCUT2D eigenvalue weighted by molar-refractivity contribution is 0.0206. The van der Waals surface area contributed by atoms with Crippen molar-refractivity contribution in [1.29, 1.82) is 0 Å². The molecule has 1 rings (SSSR count). The van der Waals surface area contributed by atoms with Crippen LogP contribution in [-0.2, 0) is 4.74 Å². The molecule has 1 fully saturated rings. The summed E-state index contributed by atoms with van der Waals surface area (Å²) in [6.07, 6.45) is 8.31. The molecule has 0 aromatic rings. The van der Waals surface area contributed by atoms with E-state index in [4.69, 9.17) is 4.74 Å². The second-order valence-electron chi connectivity index (χ2n) is 5.40. The Bertz CT molecular complexity index is 166. The van der Waals surface area contributed by atoms with E-state index in [0.29, 0.717) is 12.0 Å². The summed E-state index contributed by atoms with van der Waals surface area (Å²) in [6.45, 7) is 8.74. The largest absolute Gasteiger partial charge is 0.377 e. The van der Waals surface area contributed by atoms with Gasteiger partial charge in [0.2, 0.25) is 0 Å². The van der Waals surface area contributed by atoms with Crippen LogP contribution in [0, 0.1) is 5.92 Å². The van der Waals surface area contributed by atoms with Crippen molar-refractivity contribution >= 4 is 0 Å². The summed E-state index contributed by atoms with van der Waals surface area (Å²) in [7, 11) is 0. The molecule has 2 heteroatoms. The van der Waals surface area contributed by atoms with Gasteiger partial charge in [0.15, 0.2) is 0 Å². The third-order valence-electron chi connectivity index (χ3n) is 3.26. The van der Waals surface area contributed by atoms with Crippen molar-refractivity contribution in [2.45, 2.75) is 71.4 Å². The molecule has 0 aliphatic heterocycles. The van der Waals surface area contributed by atoms with Gasteiger partial charge in [-0.2, -0.15) is 0 Å². The van der Waals surface area contributed by atoms with Gasteiger partial charge in [-0.3, -0.25) is 0 Å². The van der Waals surface area contributed by atoms with Gasteiger partial charge in [-0.1, -0.05) is 40.0 Å². The van der Waals surface area contributed by atoms with Crippen molar-refractivity contribution in [3.8, 4) is 0 Å². The van der Waals surface area contributed by atoms with Gasteiger partial charge in [0, 0.05) is 19.2 Å². The molecular formula is C14H29NO.